The summed E-state index contributed by atoms with van der Waals surface area (Å²) in [6.07, 6.45) is 3.03. The quantitative estimate of drug-likeness (QED) is 0.587. The second kappa shape index (κ2) is 6.37. The summed E-state index contributed by atoms with van der Waals surface area (Å²) in [5, 5.41) is 13.4. The van der Waals surface area contributed by atoms with Crippen molar-refractivity contribution in [3.63, 3.8) is 0 Å². The topological polar surface area (TPSA) is 74.2 Å². The zero-order valence-corrected chi connectivity index (χ0v) is 11.6. The van der Waals surface area contributed by atoms with Crippen molar-refractivity contribution in [1.29, 1.82) is 5.26 Å². The number of hydrogen-bond acceptors (Lipinski definition) is 5. The largest absolute Gasteiger partial charge is 0.444 e. The van der Waals surface area contributed by atoms with E-state index in [2.05, 4.69) is 21.6 Å². The Bertz CT molecular complexity index is 800. The number of hydrogen-bond donors (Lipinski definition) is 1. The van der Waals surface area contributed by atoms with Crippen LogP contribution in [0.5, 0.6) is 0 Å². The SMILES string of the molecule is N#CC(=NNc1ccccc1)c1ccc(-c2cnco2)cc1. The van der Waals surface area contributed by atoms with Crippen LogP contribution in [0.25, 0.3) is 11.3 Å². The van der Waals surface area contributed by atoms with Crippen LogP contribution in [0.3, 0.4) is 0 Å². The third kappa shape index (κ3) is 3.02. The first-order valence-corrected chi connectivity index (χ1v) is 6.65. The highest BCUT2D eigenvalue weighted by atomic mass is 16.3. The molecule has 0 amide bonds. The van der Waals surface area contributed by atoms with E-state index in [4.69, 9.17) is 4.42 Å². The molecule has 0 radical (unpaired) electrons. The number of nitrogens with zero attached hydrogens (tertiary/aromatic N) is 3. The highest BCUT2D eigenvalue weighted by Gasteiger charge is 2.05. The molecule has 0 saturated carbocycles. The zero-order valence-electron chi connectivity index (χ0n) is 11.6. The predicted molar refractivity (Wildman–Crippen MR) is 84.2 cm³/mol. The van der Waals surface area contributed by atoms with Gasteiger partial charge in [-0.2, -0.15) is 10.4 Å². The number of para-hydroxylation sites is 1. The van der Waals surface area contributed by atoms with Crippen molar-refractivity contribution >= 4 is 11.4 Å². The zero-order chi connectivity index (χ0) is 15.2. The number of nitrogens with one attached hydrogen (secondary N) is 1. The van der Waals surface area contributed by atoms with Crippen LogP contribution in [0, 0.1) is 11.3 Å². The number of oxazole rings is 1. The Kier molecular flexibility index (Phi) is 3.94. The summed E-state index contributed by atoms with van der Waals surface area (Å²) in [6, 6.07) is 19.0. The lowest BCUT2D eigenvalue weighted by molar-refractivity contribution is 0.572. The Morgan fingerprint density at radius 3 is 2.50 bits per heavy atom. The molecule has 0 atom stereocenters. The molecular weight excluding hydrogens is 276 g/mol. The molecule has 5 heteroatoms. The van der Waals surface area contributed by atoms with Gasteiger partial charge in [0.05, 0.1) is 11.9 Å². The van der Waals surface area contributed by atoms with E-state index in [-0.39, 0.29) is 0 Å². The summed E-state index contributed by atoms with van der Waals surface area (Å²) in [5.74, 6) is 0.685. The maximum absolute atomic E-state index is 9.26. The van der Waals surface area contributed by atoms with Crippen LogP contribution >= 0.6 is 0 Å². The minimum atomic E-state index is 0.313. The molecule has 0 fully saturated rings. The summed E-state index contributed by atoms with van der Waals surface area (Å²) >= 11 is 0. The van der Waals surface area contributed by atoms with Crippen LogP contribution < -0.4 is 5.43 Å². The van der Waals surface area contributed by atoms with E-state index in [0.29, 0.717) is 11.5 Å². The molecule has 1 N–H and O–H groups in total. The Morgan fingerprint density at radius 2 is 1.86 bits per heavy atom. The maximum Gasteiger partial charge on any atom is 0.181 e. The second-order valence-corrected chi connectivity index (χ2v) is 4.49. The van der Waals surface area contributed by atoms with Gasteiger partial charge in [-0.25, -0.2) is 4.98 Å². The van der Waals surface area contributed by atoms with E-state index in [1.807, 2.05) is 54.6 Å². The van der Waals surface area contributed by atoms with Crippen LogP contribution in [-0.2, 0) is 0 Å². The summed E-state index contributed by atoms with van der Waals surface area (Å²) in [4.78, 5) is 3.88. The molecular formula is C17H12N4O. The normalized spacial score (nSPS) is 11.0. The minimum Gasteiger partial charge on any atom is -0.444 e. The minimum absolute atomic E-state index is 0.313. The van der Waals surface area contributed by atoms with Crippen LogP contribution in [0.4, 0.5) is 5.69 Å². The molecule has 3 aromatic rings. The fraction of sp³-hybridized carbons (Fsp3) is 0. The van der Waals surface area contributed by atoms with Crippen molar-refractivity contribution < 1.29 is 4.42 Å². The van der Waals surface area contributed by atoms with Gasteiger partial charge in [0.2, 0.25) is 0 Å². The van der Waals surface area contributed by atoms with Gasteiger partial charge in [-0.1, -0.05) is 42.5 Å². The van der Waals surface area contributed by atoms with Crippen molar-refractivity contribution in [2.24, 2.45) is 5.10 Å². The molecule has 5 nitrogen and oxygen atoms in total. The van der Waals surface area contributed by atoms with Gasteiger partial charge in [0.15, 0.2) is 17.9 Å². The Balaban J connectivity index is 1.80. The Morgan fingerprint density at radius 1 is 1.09 bits per heavy atom. The average Bonchev–Trinajstić information content (AvgIpc) is 3.11. The van der Waals surface area contributed by atoms with E-state index < -0.39 is 0 Å². The lowest BCUT2D eigenvalue weighted by Gasteiger charge is -2.02. The van der Waals surface area contributed by atoms with Gasteiger partial charge in [0.1, 0.15) is 6.07 Å². The van der Waals surface area contributed by atoms with Crippen molar-refractivity contribution in [1.82, 2.24) is 4.98 Å². The maximum atomic E-state index is 9.26. The molecule has 106 valence electrons. The third-order valence-corrected chi connectivity index (χ3v) is 3.05. The summed E-state index contributed by atoms with van der Waals surface area (Å²) in [7, 11) is 0. The number of anilines is 1. The first-order valence-electron chi connectivity index (χ1n) is 6.65. The van der Waals surface area contributed by atoms with Gasteiger partial charge in [-0.3, -0.25) is 5.43 Å². The highest BCUT2D eigenvalue weighted by molar-refractivity contribution is 6.12. The Labute approximate surface area is 127 Å². The molecule has 0 aliphatic heterocycles. The average molecular weight is 288 g/mol. The van der Waals surface area contributed by atoms with Crippen LogP contribution in [0.15, 0.2) is 76.7 Å². The first-order chi connectivity index (χ1) is 10.9. The number of rotatable bonds is 4. The summed E-state index contributed by atoms with van der Waals surface area (Å²) < 4.78 is 5.23. The van der Waals surface area contributed by atoms with Gasteiger partial charge in [0.25, 0.3) is 0 Å². The van der Waals surface area contributed by atoms with E-state index >= 15 is 0 Å². The molecule has 1 heterocycles. The fourth-order valence-corrected chi connectivity index (χ4v) is 1.94. The lowest BCUT2D eigenvalue weighted by atomic mass is 10.1. The highest BCUT2D eigenvalue weighted by Crippen LogP contribution is 2.19. The van der Waals surface area contributed by atoms with E-state index in [9.17, 15) is 5.26 Å². The standard InChI is InChI=1S/C17H12N4O/c18-10-16(21-20-15-4-2-1-3-5-15)13-6-8-14(9-7-13)17-11-19-12-22-17/h1-9,11-12,20H. The molecule has 0 spiro atoms. The van der Waals surface area contributed by atoms with Crippen molar-refractivity contribution in [3.8, 4) is 17.4 Å². The number of aromatic nitrogens is 1. The van der Waals surface area contributed by atoms with Crippen LogP contribution in [-0.4, -0.2) is 10.7 Å². The molecule has 0 aliphatic rings. The number of hydrazone groups is 1. The molecule has 22 heavy (non-hydrogen) atoms. The molecule has 3 rings (SSSR count). The van der Waals surface area contributed by atoms with Crippen molar-refractivity contribution in [3.05, 3.63) is 72.8 Å². The molecule has 2 aromatic carbocycles. The van der Waals surface area contributed by atoms with E-state index in [1.54, 1.807) is 6.20 Å². The molecule has 0 aliphatic carbocycles. The molecule has 0 saturated heterocycles. The second-order valence-electron chi connectivity index (χ2n) is 4.49. The summed E-state index contributed by atoms with van der Waals surface area (Å²) in [5.41, 5.74) is 5.64. The lowest BCUT2D eigenvalue weighted by Crippen LogP contribution is -2.01. The number of nitriles is 1. The van der Waals surface area contributed by atoms with Gasteiger partial charge in [-0.05, 0) is 12.1 Å². The monoisotopic (exact) mass is 288 g/mol. The van der Waals surface area contributed by atoms with Crippen LogP contribution in [0.2, 0.25) is 0 Å². The van der Waals surface area contributed by atoms with Crippen molar-refractivity contribution in [2.45, 2.75) is 0 Å². The first kappa shape index (κ1) is 13.6. The van der Waals surface area contributed by atoms with Gasteiger partial charge < -0.3 is 4.42 Å². The smallest absolute Gasteiger partial charge is 0.181 e. The molecule has 0 bridgehead atoms. The molecule has 0 unspecified atom stereocenters. The van der Waals surface area contributed by atoms with Crippen LogP contribution in [0.1, 0.15) is 5.56 Å². The van der Waals surface area contributed by atoms with E-state index in [1.165, 1.54) is 6.39 Å². The number of benzene rings is 2. The molecule has 1 aromatic heterocycles. The van der Waals surface area contributed by atoms with Crippen molar-refractivity contribution in [2.75, 3.05) is 5.43 Å². The summed E-state index contributed by atoms with van der Waals surface area (Å²) in [6.45, 7) is 0. The third-order valence-electron chi connectivity index (χ3n) is 3.05. The van der Waals surface area contributed by atoms with Gasteiger partial charge in [-0.15, -0.1) is 0 Å². The van der Waals surface area contributed by atoms with E-state index in [0.717, 1.165) is 16.8 Å². The fourth-order valence-electron chi connectivity index (χ4n) is 1.94. The van der Waals surface area contributed by atoms with Gasteiger partial charge >= 0.3 is 0 Å². The predicted octanol–water partition coefficient (Wildman–Crippen LogP) is 3.68. The van der Waals surface area contributed by atoms with Gasteiger partial charge in [0, 0.05) is 11.1 Å². The Hall–Kier alpha value is -3.39.